The predicted molar refractivity (Wildman–Crippen MR) is 60.3 cm³/mol. The van der Waals surface area contributed by atoms with E-state index in [1.54, 1.807) is 0 Å². The van der Waals surface area contributed by atoms with Crippen LogP contribution in [0.1, 0.15) is 31.7 Å². The van der Waals surface area contributed by atoms with E-state index in [9.17, 15) is 4.79 Å². The van der Waals surface area contributed by atoms with E-state index in [0.29, 0.717) is 13.1 Å². The zero-order chi connectivity index (χ0) is 11.4. The highest BCUT2D eigenvalue weighted by Crippen LogP contribution is 2.44. The molecule has 0 unspecified atom stereocenters. The van der Waals surface area contributed by atoms with Crippen LogP contribution in [0.5, 0.6) is 5.75 Å². The second kappa shape index (κ2) is 4.56. The molecule has 1 fully saturated rings. The van der Waals surface area contributed by atoms with E-state index < -0.39 is 0 Å². The summed E-state index contributed by atoms with van der Waals surface area (Å²) < 4.78 is 10.6. The van der Waals surface area contributed by atoms with Gasteiger partial charge in [0.1, 0.15) is 11.4 Å². The van der Waals surface area contributed by atoms with Crippen molar-refractivity contribution in [2.75, 3.05) is 6.61 Å². The molecule has 0 N–H and O–H groups in total. The van der Waals surface area contributed by atoms with Crippen LogP contribution in [-0.2, 0) is 15.1 Å². The van der Waals surface area contributed by atoms with Gasteiger partial charge in [0.2, 0.25) is 0 Å². The number of ether oxygens (including phenoxy) is 2. The molecule has 0 saturated heterocycles. The summed E-state index contributed by atoms with van der Waals surface area (Å²) in [7, 11) is 0. The lowest BCUT2D eigenvalue weighted by Gasteiger charge is -2.40. The number of benzene rings is 1. The highest BCUT2D eigenvalue weighted by molar-refractivity contribution is 5.42. The van der Waals surface area contributed by atoms with Gasteiger partial charge >= 0.3 is 0 Å². The summed E-state index contributed by atoms with van der Waals surface area (Å²) in [6, 6.07) is 7.81. The minimum absolute atomic E-state index is 0.369. The molecular weight excluding hydrogens is 204 g/mol. The van der Waals surface area contributed by atoms with Crippen LogP contribution in [0.2, 0.25) is 0 Å². The Morgan fingerprint density at radius 2 is 2.00 bits per heavy atom. The van der Waals surface area contributed by atoms with E-state index in [1.165, 1.54) is 0 Å². The lowest BCUT2D eigenvalue weighted by Crippen LogP contribution is -2.36. The topological polar surface area (TPSA) is 35.5 Å². The predicted octanol–water partition coefficient (Wildman–Crippen LogP) is 2.64. The fourth-order valence-electron chi connectivity index (χ4n) is 2.09. The fraction of sp³-hybridized carbons (Fsp3) is 0.462. The van der Waals surface area contributed by atoms with Gasteiger partial charge in [-0.25, -0.2) is 0 Å². The molecule has 0 amide bonds. The van der Waals surface area contributed by atoms with Crippen molar-refractivity contribution >= 4 is 6.47 Å². The van der Waals surface area contributed by atoms with Gasteiger partial charge in [-0.05, 0) is 43.9 Å². The van der Waals surface area contributed by atoms with E-state index in [-0.39, 0.29) is 5.60 Å². The summed E-state index contributed by atoms with van der Waals surface area (Å²) in [5.41, 5.74) is 0.696. The van der Waals surface area contributed by atoms with Crippen molar-refractivity contribution in [3.05, 3.63) is 29.8 Å². The van der Waals surface area contributed by atoms with Crippen LogP contribution >= 0.6 is 0 Å². The van der Waals surface area contributed by atoms with Crippen LogP contribution in [0.25, 0.3) is 0 Å². The molecule has 0 bridgehead atoms. The maximum absolute atomic E-state index is 10.5. The average molecular weight is 220 g/mol. The third-order valence-electron chi connectivity index (χ3n) is 3.13. The molecule has 1 saturated carbocycles. The number of carbonyl (C=O) groups is 1. The molecule has 16 heavy (non-hydrogen) atoms. The third kappa shape index (κ3) is 1.90. The van der Waals surface area contributed by atoms with Crippen LogP contribution in [0, 0.1) is 0 Å². The summed E-state index contributed by atoms with van der Waals surface area (Å²) in [6.07, 6.45) is 2.94. The highest BCUT2D eigenvalue weighted by Gasteiger charge is 2.40. The Hall–Kier alpha value is -1.51. The van der Waals surface area contributed by atoms with E-state index >= 15 is 0 Å². The minimum atomic E-state index is -0.369. The van der Waals surface area contributed by atoms with Gasteiger partial charge in [-0.2, -0.15) is 0 Å². The summed E-state index contributed by atoms with van der Waals surface area (Å²) in [6.45, 7) is 3.17. The molecule has 1 aromatic carbocycles. The molecule has 3 heteroatoms. The first kappa shape index (κ1) is 11.0. The van der Waals surface area contributed by atoms with E-state index in [2.05, 4.69) is 0 Å². The molecule has 0 aliphatic heterocycles. The van der Waals surface area contributed by atoms with Gasteiger partial charge in [0.25, 0.3) is 6.47 Å². The Kier molecular flexibility index (Phi) is 3.13. The summed E-state index contributed by atoms with van der Waals surface area (Å²) in [4.78, 5) is 10.5. The molecule has 0 heterocycles. The monoisotopic (exact) mass is 220 g/mol. The van der Waals surface area contributed by atoms with Gasteiger partial charge in [-0.3, -0.25) is 4.79 Å². The van der Waals surface area contributed by atoms with Crippen molar-refractivity contribution in [1.29, 1.82) is 0 Å². The molecule has 0 spiro atoms. The fourth-order valence-corrected chi connectivity index (χ4v) is 2.09. The number of carbonyl (C=O) groups excluding carboxylic acids is 1. The normalized spacial score (nSPS) is 17.3. The first-order valence-corrected chi connectivity index (χ1v) is 5.65. The Balaban J connectivity index is 2.16. The van der Waals surface area contributed by atoms with Crippen molar-refractivity contribution in [3.8, 4) is 5.75 Å². The van der Waals surface area contributed by atoms with Crippen molar-refractivity contribution in [2.24, 2.45) is 0 Å². The lowest BCUT2D eigenvalue weighted by molar-refractivity contribution is -0.155. The SMILES string of the molecule is CCOc1ccc(C2(OC=O)CCC2)cc1. The summed E-state index contributed by atoms with van der Waals surface area (Å²) >= 11 is 0. The van der Waals surface area contributed by atoms with Gasteiger partial charge in [0, 0.05) is 0 Å². The van der Waals surface area contributed by atoms with Gasteiger partial charge < -0.3 is 9.47 Å². The zero-order valence-corrected chi connectivity index (χ0v) is 9.44. The Morgan fingerprint density at radius 1 is 1.31 bits per heavy atom. The first-order valence-electron chi connectivity index (χ1n) is 5.65. The average Bonchev–Trinajstić information content (AvgIpc) is 2.25. The van der Waals surface area contributed by atoms with Crippen molar-refractivity contribution in [2.45, 2.75) is 31.8 Å². The summed E-state index contributed by atoms with van der Waals surface area (Å²) in [5, 5.41) is 0. The highest BCUT2D eigenvalue weighted by atomic mass is 16.5. The molecule has 1 aliphatic rings. The molecule has 1 aromatic rings. The minimum Gasteiger partial charge on any atom is -0.494 e. The molecule has 2 rings (SSSR count). The number of hydrogen-bond donors (Lipinski definition) is 0. The third-order valence-corrected chi connectivity index (χ3v) is 3.13. The largest absolute Gasteiger partial charge is 0.494 e. The lowest BCUT2D eigenvalue weighted by atomic mass is 9.75. The van der Waals surface area contributed by atoms with Gasteiger partial charge in [0.15, 0.2) is 0 Å². The van der Waals surface area contributed by atoms with E-state index in [4.69, 9.17) is 9.47 Å². The second-order valence-electron chi connectivity index (χ2n) is 4.02. The summed E-state index contributed by atoms with van der Waals surface area (Å²) in [5.74, 6) is 0.854. The Labute approximate surface area is 95.4 Å². The van der Waals surface area contributed by atoms with Crippen LogP contribution in [-0.4, -0.2) is 13.1 Å². The number of rotatable bonds is 5. The van der Waals surface area contributed by atoms with Crippen LogP contribution in [0.4, 0.5) is 0 Å². The molecule has 0 radical (unpaired) electrons. The van der Waals surface area contributed by atoms with Crippen molar-refractivity contribution < 1.29 is 14.3 Å². The molecule has 0 aromatic heterocycles. The zero-order valence-electron chi connectivity index (χ0n) is 9.44. The van der Waals surface area contributed by atoms with Crippen LogP contribution in [0.15, 0.2) is 24.3 Å². The maximum Gasteiger partial charge on any atom is 0.293 e. The van der Waals surface area contributed by atoms with E-state index in [1.807, 2.05) is 31.2 Å². The first-order chi connectivity index (χ1) is 7.80. The van der Waals surface area contributed by atoms with Gasteiger partial charge in [-0.1, -0.05) is 12.1 Å². The second-order valence-corrected chi connectivity index (χ2v) is 4.02. The van der Waals surface area contributed by atoms with Crippen molar-refractivity contribution in [3.63, 3.8) is 0 Å². The smallest absolute Gasteiger partial charge is 0.293 e. The van der Waals surface area contributed by atoms with Gasteiger partial charge in [0.05, 0.1) is 6.61 Å². The van der Waals surface area contributed by atoms with E-state index in [0.717, 1.165) is 30.6 Å². The Morgan fingerprint density at radius 3 is 2.44 bits per heavy atom. The molecular formula is C13H16O3. The van der Waals surface area contributed by atoms with Crippen LogP contribution < -0.4 is 4.74 Å². The molecule has 0 atom stereocenters. The van der Waals surface area contributed by atoms with Gasteiger partial charge in [-0.15, -0.1) is 0 Å². The standard InChI is InChI=1S/C13H16O3/c1-2-15-12-6-4-11(5-7-12)13(16-10-14)8-3-9-13/h4-7,10H,2-3,8-9H2,1H3. The van der Waals surface area contributed by atoms with Crippen molar-refractivity contribution in [1.82, 2.24) is 0 Å². The van der Waals surface area contributed by atoms with Crippen LogP contribution in [0.3, 0.4) is 0 Å². The molecule has 1 aliphatic carbocycles. The molecule has 86 valence electrons. The maximum atomic E-state index is 10.5. The number of hydrogen-bond acceptors (Lipinski definition) is 3. The molecule has 3 nitrogen and oxygen atoms in total. The quantitative estimate of drug-likeness (QED) is 0.715. The Bertz CT molecular complexity index is 352.